The summed E-state index contributed by atoms with van der Waals surface area (Å²) in [6.07, 6.45) is 4.89. The van der Waals surface area contributed by atoms with Gasteiger partial charge in [0.15, 0.2) is 0 Å². The fourth-order valence-electron chi connectivity index (χ4n) is 10.2. The lowest BCUT2D eigenvalue weighted by Crippen LogP contribution is -2.67. The van der Waals surface area contributed by atoms with E-state index in [4.69, 9.17) is 0 Å². The minimum absolute atomic E-state index is 0.0627. The zero-order valence-electron chi connectivity index (χ0n) is 21.5. The van der Waals surface area contributed by atoms with Gasteiger partial charge in [0.2, 0.25) is 0 Å². The van der Waals surface area contributed by atoms with E-state index in [0.717, 1.165) is 25.7 Å². The van der Waals surface area contributed by atoms with Crippen LogP contribution in [0, 0.1) is 51.8 Å². The molecule has 0 bridgehead atoms. The van der Waals surface area contributed by atoms with Crippen molar-refractivity contribution in [3.05, 3.63) is 0 Å². The smallest absolute Gasteiger partial charge is 0.303 e. The van der Waals surface area contributed by atoms with Gasteiger partial charge in [-0.2, -0.15) is 0 Å². The van der Waals surface area contributed by atoms with E-state index < -0.39 is 29.0 Å². The summed E-state index contributed by atoms with van der Waals surface area (Å²) in [4.78, 5) is 37.7. The van der Waals surface area contributed by atoms with Crippen LogP contribution in [0.25, 0.3) is 0 Å². The Bertz CT molecular complexity index is 838. The number of fused-ring (bicyclic) bond motifs is 5. The minimum atomic E-state index is -1.20. The summed E-state index contributed by atoms with van der Waals surface area (Å²) in [6.45, 7) is 9.52. The number of carbonyl (C=O) groups is 3. The Kier molecular flexibility index (Phi) is 6.60. The number of hydrogen-bond donors (Lipinski definition) is 3. The van der Waals surface area contributed by atoms with Crippen LogP contribution in [0.15, 0.2) is 0 Å². The van der Waals surface area contributed by atoms with E-state index in [-0.39, 0.29) is 53.5 Å². The summed E-state index contributed by atoms with van der Waals surface area (Å²) in [5.74, 6) is 0.245. The molecule has 0 spiro atoms. The van der Waals surface area contributed by atoms with E-state index in [1.807, 2.05) is 0 Å². The number of carbonyl (C=O) groups excluding carboxylic acids is 2. The largest absolute Gasteiger partial charge is 0.481 e. The molecule has 0 aliphatic heterocycles. The number of hydrogen-bond acceptors (Lipinski definition) is 5. The summed E-state index contributed by atoms with van der Waals surface area (Å²) in [5, 5.41) is 31.6. The van der Waals surface area contributed by atoms with E-state index in [0.29, 0.717) is 31.1 Å². The topological polar surface area (TPSA) is 112 Å². The first-order chi connectivity index (χ1) is 15.8. The molecule has 6 heteroatoms. The van der Waals surface area contributed by atoms with Crippen molar-refractivity contribution < 1.29 is 29.7 Å². The van der Waals surface area contributed by atoms with Gasteiger partial charge in [-0.25, -0.2) is 0 Å². The quantitative estimate of drug-likeness (QED) is 0.494. The van der Waals surface area contributed by atoms with Gasteiger partial charge in [-0.1, -0.05) is 20.8 Å². The molecule has 4 saturated carbocycles. The second-order valence-electron chi connectivity index (χ2n) is 12.8. The van der Waals surface area contributed by atoms with Crippen molar-refractivity contribution in [2.24, 2.45) is 51.8 Å². The highest BCUT2D eigenvalue weighted by atomic mass is 16.4. The molecule has 192 valence electrons. The predicted molar refractivity (Wildman–Crippen MR) is 128 cm³/mol. The van der Waals surface area contributed by atoms with Crippen LogP contribution in [-0.4, -0.2) is 45.1 Å². The predicted octanol–water partition coefficient (Wildman–Crippen LogP) is 4.25. The average Bonchev–Trinajstić information content (AvgIpc) is 3.11. The van der Waals surface area contributed by atoms with Crippen LogP contribution >= 0.6 is 0 Å². The third kappa shape index (κ3) is 3.37. The zero-order valence-corrected chi connectivity index (χ0v) is 21.5. The van der Waals surface area contributed by atoms with Crippen LogP contribution in [0.4, 0.5) is 0 Å². The molecule has 4 aliphatic carbocycles. The maximum Gasteiger partial charge on any atom is 0.303 e. The lowest BCUT2D eigenvalue weighted by atomic mass is 9.37. The second-order valence-corrected chi connectivity index (χ2v) is 12.8. The number of ketones is 2. The number of aliphatic hydroxyl groups excluding tert-OH is 2. The van der Waals surface area contributed by atoms with Gasteiger partial charge in [-0.15, -0.1) is 0 Å². The van der Waals surface area contributed by atoms with Crippen molar-refractivity contribution in [3.63, 3.8) is 0 Å². The second kappa shape index (κ2) is 8.69. The molecule has 0 heterocycles. The van der Waals surface area contributed by atoms with Gasteiger partial charge in [0, 0.05) is 6.42 Å². The molecule has 34 heavy (non-hydrogen) atoms. The lowest BCUT2D eigenvalue weighted by Gasteiger charge is -2.67. The number of rotatable bonds is 6. The van der Waals surface area contributed by atoms with Crippen LogP contribution in [-0.2, 0) is 14.4 Å². The summed E-state index contributed by atoms with van der Waals surface area (Å²) in [5.41, 5.74) is -2.04. The Balaban J connectivity index is 1.72. The van der Waals surface area contributed by atoms with Gasteiger partial charge in [0.25, 0.3) is 0 Å². The summed E-state index contributed by atoms with van der Waals surface area (Å²) in [6, 6.07) is 0. The minimum Gasteiger partial charge on any atom is -0.481 e. The molecule has 4 fully saturated rings. The Morgan fingerprint density at radius 1 is 0.941 bits per heavy atom. The summed E-state index contributed by atoms with van der Waals surface area (Å²) >= 11 is 0. The van der Waals surface area contributed by atoms with Gasteiger partial charge in [-0.3, -0.25) is 14.4 Å². The van der Waals surface area contributed by atoms with Crippen LogP contribution in [0.3, 0.4) is 0 Å². The molecule has 4 rings (SSSR count). The van der Waals surface area contributed by atoms with Gasteiger partial charge in [0.1, 0.15) is 11.6 Å². The van der Waals surface area contributed by atoms with Crippen molar-refractivity contribution >= 4 is 17.5 Å². The van der Waals surface area contributed by atoms with E-state index in [1.165, 1.54) is 13.8 Å². The van der Waals surface area contributed by atoms with Gasteiger partial charge < -0.3 is 15.3 Å². The number of carboxylic acids is 1. The first-order valence-corrected chi connectivity index (χ1v) is 13.4. The van der Waals surface area contributed by atoms with Crippen molar-refractivity contribution in [3.8, 4) is 0 Å². The van der Waals surface area contributed by atoms with Gasteiger partial charge >= 0.3 is 5.97 Å². The van der Waals surface area contributed by atoms with Crippen molar-refractivity contribution in [2.75, 3.05) is 0 Å². The van der Waals surface area contributed by atoms with E-state index >= 15 is 0 Å². The molecule has 10 atom stereocenters. The van der Waals surface area contributed by atoms with Gasteiger partial charge in [-0.05, 0) is 112 Å². The number of carboxylic acid groups (broad SMARTS) is 1. The standard InChI is InChI=1S/C28H44O6/c1-15(6-11-25(33)34)21-9-10-22-20-8-7-18-12-19(31)14-28(16(2)29,17(3)30)27(18,5)23(20)13-24(32)26(21,22)4/h15,18-24,31-32H,6-14H2,1-5H3,(H,33,34)/t15-,18-,19+,20+,21-,22+,23+,24+,26-,27+/m1/s1. The monoisotopic (exact) mass is 476 g/mol. The normalized spacial score (nSPS) is 46.0. The fraction of sp³-hybridized carbons (Fsp3) is 0.893. The van der Waals surface area contributed by atoms with Gasteiger partial charge in [0.05, 0.1) is 17.6 Å². The number of aliphatic hydroxyl groups is 2. The molecule has 0 amide bonds. The van der Waals surface area contributed by atoms with Crippen LogP contribution < -0.4 is 0 Å². The maximum absolute atomic E-state index is 13.2. The highest BCUT2D eigenvalue weighted by Gasteiger charge is 2.71. The summed E-state index contributed by atoms with van der Waals surface area (Å²) in [7, 11) is 0. The first-order valence-electron chi connectivity index (χ1n) is 13.4. The van der Waals surface area contributed by atoms with E-state index in [9.17, 15) is 29.7 Å². The zero-order chi connectivity index (χ0) is 25.2. The first kappa shape index (κ1) is 25.8. The molecule has 0 aromatic carbocycles. The Labute approximate surface area is 203 Å². The van der Waals surface area contributed by atoms with Crippen molar-refractivity contribution in [1.82, 2.24) is 0 Å². The number of Topliss-reactive ketones (excluding diaryl/α,β-unsaturated/α-hetero) is 2. The third-order valence-electron chi connectivity index (χ3n) is 11.8. The van der Waals surface area contributed by atoms with Crippen molar-refractivity contribution in [1.29, 1.82) is 0 Å². The van der Waals surface area contributed by atoms with E-state index in [2.05, 4.69) is 20.8 Å². The van der Waals surface area contributed by atoms with Crippen molar-refractivity contribution in [2.45, 2.75) is 105 Å². The molecule has 0 radical (unpaired) electrons. The molecule has 3 N–H and O–H groups in total. The molecular formula is C28H44O6. The fourth-order valence-corrected chi connectivity index (χ4v) is 10.2. The molecule has 0 saturated heterocycles. The molecule has 0 aromatic heterocycles. The lowest BCUT2D eigenvalue weighted by molar-refractivity contribution is -0.217. The van der Waals surface area contributed by atoms with E-state index in [1.54, 1.807) is 0 Å². The molecule has 0 unspecified atom stereocenters. The highest BCUT2D eigenvalue weighted by molar-refractivity contribution is 6.06. The van der Waals surface area contributed by atoms with Crippen LogP contribution in [0.5, 0.6) is 0 Å². The maximum atomic E-state index is 13.2. The molecular weight excluding hydrogens is 432 g/mol. The molecule has 4 aliphatic rings. The Hall–Kier alpha value is -1.27. The average molecular weight is 477 g/mol. The molecule has 0 aromatic rings. The summed E-state index contributed by atoms with van der Waals surface area (Å²) < 4.78 is 0. The van der Waals surface area contributed by atoms with Crippen LogP contribution in [0.1, 0.15) is 92.4 Å². The highest BCUT2D eigenvalue weighted by Crippen LogP contribution is 2.71. The SMILES string of the molecule is CC(=O)C1(C(C)=O)C[C@@H](O)C[C@H]2CC[C@H]3[C@@H]4CC[C@H]([C@H](C)CCC(=O)O)[C@@]4(C)[C@@H](O)C[C@@H]3[C@]21C. The Morgan fingerprint density at radius 3 is 2.18 bits per heavy atom. The molecule has 6 nitrogen and oxygen atoms in total. The number of aliphatic carboxylic acids is 1. The third-order valence-corrected chi connectivity index (χ3v) is 11.8. The Morgan fingerprint density at radius 2 is 1.59 bits per heavy atom. The van der Waals surface area contributed by atoms with Crippen LogP contribution in [0.2, 0.25) is 0 Å².